The molecule has 1 unspecified atom stereocenters. The Hall–Kier alpha value is -1.96. The number of carbonyl (C=O) groups is 1. The highest BCUT2D eigenvalue weighted by molar-refractivity contribution is 7.13. The average Bonchev–Trinajstić information content (AvgIpc) is 3.45. The van der Waals surface area contributed by atoms with E-state index >= 15 is 0 Å². The fraction of sp³-hybridized carbons (Fsp3) is 0.545. The first kappa shape index (κ1) is 20.3. The van der Waals surface area contributed by atoms with Gasteiger partial charge in [0.05, 0.1) is 18.9 Å². The van der Waals surface area contributed by atoms with Crippen molar-refractivity contribution in [3.63, 3.8) is 0 Å². The van der Waals surface area contributed by atoms with Crippen LogP contribution in [-0.2, 0) is 16.1 Å². The third-order valence-electron chi connectivity index (χ3n) is 5.70. The van der Waals surface area contributed by atoms with Crippen LogP contribution < -0.4 is 4.74 Å². The molecule has 0 bridgehead atoms. The maximum absolute atomic E-state index is 12.5. The lowest BCUT2D eigenvalue weighted by atomic mass is 10.1. The molecule has 156 valence electrons. The fourth-order valence-corrected chi connectivity index (χ4v) is 4.76. The smallest absolute Gasteiger partial charge is 0.222 e. The predicted octanol–water partition coefficient (Wildman–Crippen LogP) is 3.42. The number of hydrogen-bond donors (Lipinski definition) is 0. The molecule has 6 nitrogen and oxygen atoms in total. The Balaban J connectivity index is 1.23. The molecule has 1 atom stereocenters. The summed E-state index contributed by atoms with van der Waals surface area (Å²) in [5, 5.41) is 3.17. The lowest BCUT2D eigenvalue weighted by molar-refractivity contribution is -0.133. The van der Waals surface area contributed by atoms with E-state index in [4.69, 9.17) is 14.5 Å². The molecule has 2 saturated heterocycles. The van der Waals surface area contributed by atoms with Gasteiger partial charge in [0.1, 0.15) is 10.8 Å². The highest BCUT2D eigenvalue weighted by Gasteiger charge is 2.23. The molecule has 2 aliphatic heterocycles. The van der Waals surface area contributed by atoms with Gasteiger partial charge in [-0.3, -0.25) is 9.69 Å². The Morgan fingerprint density at radius 3 is 2.72 bits per heavy atom. The summed E-state index contributed by atoms with van der Waals surface area (Å²) in [6, 6.07) is 8.02. The Bertz CT molecular complexity index is 794. The number of benzene rings is 1. The van der Waals surface area contributed by atoms with Crippen molar-refractivity contribution in [1.29, 1.82) is 0 Å². The van der Waals surface area contributed by atoms with Crippen LogP contribution in [0.15, 0.2) is 29.6 Å². The van der Waals surface area contributed by atoms with Crippen LogP contribution in [0, 0.1) is 0 Å². The number of thiazole rings is 1. The van der Waals surface area contributed by atoms with E-state index < -0.39 is 0 Å². The molecule has 4 rings (SSSR count). The van der Waals surface area contributed by atoms with Gasteiger partial charge in [0.15, 0.2) is 0 Å². The molecule has 0 spiro atoms. The zero-order valence-corrected chi connectivity index (χ0v) is 17.8. The number of carbonyl (C=O) groups excluding carboxylic acids is 1. The summed E-state index contributed by atoms with van der Waals surface area (Å²) in [5.74, 6) is 1.13. The Kier molecular flexibility index (Phi) is 6.79. The van der Waals surface area contributed by atoms with Gasteiger partial charge in [-0.25, -0.2) is 4.98 Å². The van der Waals surface area contributed by atoms with Crippen LogP contribution in [0.5, 0.6) is 5.75 Å². The van der Waals surface area contributed by atoms with Gasteiger partial charge in [-0.2, -0.15) is 0 Å². The number of rotatable bonds is 7. The zero-order valence-electron chi connectivity index (χ0n) is 17.0. The molecule has 1 amide bonds. The van der Waals surface area contributed by atoms with Crippen LogP contribution in [0.3, 0.4) is 0 Å². The largest absolute Gasteiger partial charge is 0.497 e. The van der Waals surface area contributed by atoms with Gasteiger partial charge in [-0.1, -0.05) is 0 Å². The molecule has 1 aromatic carbocycles. The van der Waals surface area contributed by atoms with Crippen molar-refractivity contribution in [3.05, 3.63) is 35.3 Å². The van der Waals surface area contributed by atoms with Crippen molar-refractivity contribution in [1.82, 2.24) is 14.8 Å². The van der Waals surface area contributed by atoms with Crippen molar-refractivity contribution in [2.24, 2.45) is 0 Å². The van der Waals surface area contributed by atoms with Gasteiger partial charge in [-0.05, 0) is 43.5 Å². The molecule has 0 saturated carbocycles. The average molecular weight is 416 g/mol. The van der Waals surface area contributed by atoms with E-state index in [2.05, 4.69) is 10.3 Å². The van der Waals surface area contributed by atoms with E-state index in [1.165, 1.54) is 0 Å². The van der Waals surface area contributed by atoms with Crippen LogP contribution in [0.4, 0.5) is 0 Å². The number of ether oxygens (including phenoxy) is 2. The Labute approximate surface area is 176 Å². The summed E-state index contributed by atoms with van der Waals surface area (Å²) in [7, 11) is 1.67. The summed E-state index contributed by atoms with van der Waals surface area (Å²) in [4.78, 5) is 21.7. The van der Waals surface area contributed by atoms with Gasteiger partial charge < -0.3 is 14.4 Å². The van der Waals surface area contributed by atoms with Gasteiger partial charge in [-0.15, -0.1) is 11.3 Å². The second-order valence-corrected chi connectivity index (χ2v) is 8.56. The summed E-state index contributed by atoms with van der Waals surface area (Å²) < 4.78 is 10.8. The molecule has 0 aliphatic carbocycles. The van der Waals surface area contributed by atoms with Crippen LogP contribution in [0.25, 0.3) is 10.6 Å². The summed E-state index contributed by atoms with van der Waals surface area (Å²) in [6.07, 6.45) is 4.01. The molecular formula is C22H29N3O3S. The van der Waals surface area contributed by atoms with Crippen molar-refractivity contribution in [3.8, 4) is 16.3 Å². The van der Waals surface area contributed by atoms with Gasteiger partial charge in [0, 0.05) is 56.7 Å². The van der Waals surface area contributed by atoms with Crippen molar-refractivity contribution < 1.29 is 14.3 Å². The topological polar surface area (TPSA) is 54.9 Å². The number of methoxy groups -OCH3 is 1. The summed E-state index contributed by atoms with van der Waals surface area (Å²) in [5.41, 5.74) is 2.21. The van der Waals surface area contributed by atoms with Crippen LogP contribution in [-0.4, -0.2) is 66.7 Å². The van der Waals surface area contributed by atoms with E-state index in [-0.39, 0.29) is 5.91 Å². The summed E-state index contributed by atoms with van der Waals surface area (Å²) in [6.45, 7) is 5.11. The first-order valence-electron chi connectivity index (χ1n) is 10.4. The van der Waals surface area contributed by atoms with Gasteiger partial charge in [0.25, 0.3) is 0 Å². The molecular weight excluding hydrogens is 386 g/mol. The fourth-order valence-electron chi connectivity index (χ4n) is 3.94. The monoisotopic (exact) mass is 415 g/mol. The minimum Gasteiger partial charge on any atom is -0.497 e. The minimum atomic E-state index is 0.274. The van der Waals surface area contributed by atoms with Crippen molar-refractivity contribution >= 4 is 17.2 Å². The van der Waals surface area contributed by atoms with E-state index in [0.29, 0.717) is 12.5 Å². The molecule has 7 heteroatoms. The van der Waals surface area contributed by atoms with Gasteiger partial charge >= 0.3 is 0 Å². The van der Waals surface area contributed by atoms with E-state index in [1.54, 1.807) is 18.4 Å². The molecule has 0 radical (unpaired) electrons. The van der Waals surface area contributed by atoms with E-state index in [1.807, 2.05) is 29.2 Å². The quantitative estimate of drug-likeness (QED) is 0.694. The van der Waals surface area contributed by atoms with Crippen molar-refractivity contribution in [2.75, 3.05) is 39.9 Å². The first-order valence-corrected chi connectivity index (χ1v) is 11.3. The maximum Gasteiger partial charge on any atom is 0.222 e. The molecule has 1 aromatic heterocycles. The second kappa shape index (κ2) is 9.69. The number of aromatic nitrogens is 1. The molecule has 3 heterocycles. The number of hydrogen-bond acceptors (Lipinski definition) is 6. The Morgan fingerprint density at radius 2 is 2.03 bits per heavy atom. The molecule has 0 N–H and O–H groups in total. The summed E-state index contributed by atoms with van der Waals surface area (Å²) >= 11 is 1.67. The SMILES string of the molecule is COc1ccc(-c2nc(CN3CCN(C(=O)CCC4CCCO4)CC3)cs2)cc1. The zero-order chi connectivity index (χ0) is 20.1. The first-order chi connectivity index (χ1) is 14.2. The highest BCUT2D eigenvalue weighted by atomic mass is 32.1. The minimum absolute atomic E-state index is 0.274. The van der Waals surface area contributed by atoms with Gasteiger partial charge in [0.2, 0.25) is 5.91 Å². The normalized spacial score (nSPS) is 20.2. The van der Waals surface area contributed by atoms with Crippen molar-refractivity contribution in [2.45, 2.75) is 38.3 Å². The molecule has 2 aromatic rings. The van der Waals surface area contributed by atoms with E-state index in [0.717, 1.165) is 80.6 Å². The Morgan fingerprint density at radius 1 is 1.24 bits per heavy atom. The molecule has 2 fully saturated rings. The van der Waals surface area contributed by atoms with Crippen LogP contribution >= 0.6 is 11.3 Å². The molecule has 29 heavy (non-hydrogen) atoms. The number of piperazine rings is 1. The third kappa shape index (κ3) is 5.35. The van der Waals surface area contributed by atoms with Crippen LogP contribution in [0.1, 0.15) is 31.4 Å². The third-order valence-corrected chi connectivity index (χ3v) is 6.64. The van der Waals surface area contributed by atoms with Crippen LogP contribution in [0.2, 0.25) is 0 Å². The standard InChI is InChI=1S/C22H29N3O3S/c1-27-19-6-4-17(5-7-19)22-23-18(16-29-22)15-24-10-12-25(13-11-24)21(26)9-8-20-3-2-14-28-20/h4-7,16,20H,2-3,8-15H2,1H3. The maximum atomic E-state index is 12.5. The predicted molar refractivity (Wildman–Crippen MR) is 114 cm³/mol. The number of amides is 1. The lowest BCUT2D eigenvalue weighted by Crippen LogP contribution is -2.48. The van der Waals surface area contributed by atoms with E-state index in [9.17, 15) is 4.79 Å². The number of nitrogens with zero attached hydrogens (tertiary/aromatic N) is 3. The highest BCUT2D eigenvalue weighted by Crippen LogP contribution is 2.26. The molecule has 2 aliphatic rings. The second-order valence-electron chi connectivity index (χ2n) is 7.70. The lowest BCUT2D eigenvalue weighted by Gasteiger charge is -2.34.